The topological polar surface area (TPSA) is 87.7 Å². The number of carbonyl (C=O) groups excluding carboxylic acids is 1. The minimum Gasteiger partial charge on any atom is -0.345 e. The van der Waals surface area contributed by atoms with E-state index in [9.17, 15) is 18.0 Å². The highest BCUT2D eigenvalue weighted by molar-refractivity contribution is 6.04. The Balaban J connectivity index is 1.35. The number of β-lactam (4-membered cyclic amide) rings is 1. The molecule has 2 fully saturated rings. The summed E-state index contributed by atoms with van der Waals surface area (Å²) in [5, 5.41) is 7.00. The Kier molecular flexibility index (Phi) is 4.48. The molecule has 2 aliphatic rings. The van der Waals surface area contributed by atoms with Gasteiger partial charge in [0.1, 0.15) is 5.69 Å². The van der Waals surface area contributed by atoms with E-state index < -0.39 is 11.9 Å². The third-order valence-corrected chi connectivity index (χ3v) is 6.62. The van der Waals surface area contributed by atoms with Gasteiger partial charge in [-0.25, -0.2) is 4.98 Å². The molecule has 0 unspecified atom stereocenters. The zero-order valence-corrected chi connectivity index (χ0v) is 18.0. The Morgan fingerprint density at radius 3 is 2.50 bits per heavy atom. The first-order valence-electron chi connectivity index (χ1n) is 11.0. The van der Waals surface area contributed by atoms with Crippen molar-refractivity contribution >= 4 is 22.6 Å². The smallest absolute Gasteiger partial charge is 0.345 e. The number of fused-ring (bicyclic) bond motifs is 1. The quantitative estimate of drug-likeness (QED) is 0.436. The van der Waals surface area contributed by atoms with Gasteiger partial charge >= 0.3 is 6.18 Å². The third kappa shape index (κ3) is 3.32. The van der Waals surface area contributed by atoms with Crippen LogP contribution < -0.4 is 4.90 Å². The monoisotopic (exact) mass is 464 g/mol. The van der Waals surface area contributed by atoms with Crippen molar-refractivity contribution < 1.29 is 18.0 Å². The summed E-state index contributed by atoms with van der Waals surface area (Å²) in [5.41, 5.74) is 3.72. The van der Waals surface area contributed by atoms with Gasteiger partial charge < -0.3 is 9.88 Å². The number of nitrogens with zero attached hydrogens (tertiary/aromatic N) is 5. The van der Waals surface area contributed by atoms with Gasteiger partial charge in [-0.05, 0) is 67.6 Å². The van der Waals surface area contributed by atoms with Gasteiger partial charge in [0.05, 0.1) is 35.0 Å². The first-order valence-corrected chi connectivity index (χ1v) is 11.0. The number of halogens is 3. The zero-order valence-electron chi connectivity index (χ0n) is 18.0. The van der Waals surface area contributed by atoms with Crippen molar-refractivity contribution in [3.05, 3.63) is 65.7 Å². The number of anilines is 1. The Morgan fingerprint density at radius 2 is 1.82 bits per heavy atom. The number of nitrogens with one attached hydrogen (secondary N) is 1. The number of aromatic amines is 1. The van der Waals surface area contributed by atoms with Crippen LogP contribution in [0.3, 0.4) is 0 Å². The minimum absolute atomic E-state index is 0.0967. The lowest BCUT2D eigenvalue weighted by Crippen LogP contribution is -2.56. The van der Waals surface area contributed by atoms with Crippen molar-refractivity contribution in [3.8, 4) is 11.4 Å². The third-order valence-electron chi connectivity index (χ3n) is 6.62. The second-order valence-corrected chi connectivity index (χ2v) is 8.79. The van der Waals surface area contributed by atoms with Crippen molar-refractivity contribution in [1.82, 2.24) is 25.1 Å². The fourth-order valence-electron chi connectivity index (χ4n) is 4.76. The first-order chi connectivity index (χ1) is 16.3. The van der Waals surface area contributed by atoms with Crippen molar-refractivity contribution in [2.24, 2.45) is 11.8 Å². The van der Waals surface area contributed by atoms with Crippen LogP contribution in [0.5, 0.6) is 0 Å². The summed E-state index contributed by atoms with van der Waals surface area (Å²) in [5.74, 6) is 0.356. The molecule has 2 atom stereocenters. The van der Waals surface area contributed by atoms with E-state index in [1.807, 2.05) is 31.2 Å². The van der Waals surface area contributed by atoms with Crippen molar-refractivity contribution in [2.75, 3.05) is 4.90 Å². The molecule has 34 heavy (non-hydrogen) atoms. The number of carbonyl (C=O) groups is 1. The van der Waals surface area contributed by atoms with Gasteiger partial charge in [0.2, 0.25) is 5.91 Å². The molecule has 3 aromatic heterocycles. The molecule has 6 rings (SSSR count). The number of pyridine rings is 1. The molecule has 10 heteroatoms. The highest BCUT2D eigenvalue weighted by Crippen LogP contribution is 2.54. The molecule has 1 saturated carbocycles. The van der Waals surface area contributed by atoms with Crippen LogP contribution in [-0.2, 0) is 11.0 Å². The summed E-state index contributed by atoms with van der Waals surface area (Å²) in [7, 11) is 0. The molecule has 7 nitrogen and oxygen atoms in total. The molecule has 4 heterocycles. The van der Waals surface area contributed by atoms with Crippen molar-refractivity contribution in [1.29, 1.82) is 0 Å². The van der Waals surface area contributed by atoms with Gasteiger partial charge in [-0.3, -0.25) is 9.78 Å². The molecule has 0 radical (unpaired) electrons. The summed E-state index contributed by atoms with van der Waals surface area (Å²) in [4.78, 5) is 27.0. The van der Waals surface area contributed by atoms with E-state index in [4.69, 9.17) is 0 Å². The minimum atomic E-state index is -4.55. The van der Waals surface area contributed by atoms with E-state index in [1.165, 1.54) is 6.07 Å². The Morgan fingerprint density at radius 1 is 1.03 bits per heavy atom. The maximum Gasteiger partial charge on any atom is 0.435 e. The van der Waals surface area contributed by atoms with E-state index in [2.05, 4.69) is 25.1 Å². The first kappa shape index (κ1) is 20.8. The van der Waals surface area contributed by atoms with Crippen LogP contribution in [0.4, 0.5) is 18.9 Å². The van der Waals surface area contributed by atoms with Crippen LogP contribution in [-0.4, -0.2) is 31.1 Å². The van der Waals surface area contributed by atoms with Gasteiger partial charge in [-0.15, -0.1) is 10.2 Å². The Bertz CT molecular complexity index is 1410. The van der Waals surface area contributed by atoms with Crippen molar-refractivity contribution in [3.63, 3.8) is 0 Å². The van der Waals surface area contributed by atoms with Crippen LogP contribution in [0.2, 0.25) is 0 Å². The average molecular weight is 464 g/mol. The zero-order chi connectivity index (χ0) is 23.6. The number of amides is 1. The van der Waals surface area contributed by atoms with Crippen molar-refractivity contribution in [2.45, 2.75) is 32.0 Å². The lowest BCUT2D eigenvalue weighted by atomic mass is 9.78. The van der Waals surface area contributed by atoms with E-state index in [0.29, 0.717) is 17.3 Å². The SMILES string of the molecule is Cc1nc(-c2ccc(C(F)(F)F)nn2)ccc1[C@H]1[C@@H](C2CC2)C(=O)N1c1ccc2[nH]cnc2c1. The molecule has 4 aromatic rings. The summed E-state index contributed by atoms with van der Waals surface area (Å²) < 4.78 is 38.4. The molecular formula is C24H19F3N6O. The second kappa shape index (κ2) is 7.34. The van der Waals surface area contributed by atoms with Gasteiger partial charge in [-0.2, -0.15) is 13.2 Å². The summed E-state index contributed by atoms with van der Waals surface area (Å²) >= 11 is 0. The van der Waals surface area contributed by atoms with Gasteiger partial charge in [0.15, 0.2) is 5.69 Å². The number of aromatic nitrogens is 5. The summed E-state index contributed by atoms with van der Waals surface area (Å²) in [6.07, 6.45) is -0.862. The summed E-state index contributed by atoms with van der Waals surface area (Å²) in [6, 6.07) is 11.3. The Labute approximate surface area is 192 Å². The molecule has 1 aromatic carbocycles. The summed E-state index contributed by atoms with van der Waals surface area (Å²) in [6.45, 7) is 1.85. The molecular weight excluding hydrogens is 445 g/mol. The molecule has 1 saturated heterocycles. The lowest BCUT2D eigenvalue weighted by Gasteiger charge is -2.48. The van der Waals surface area contributed by atoms with Crippen LogP contribution in [0, 0.1) is 18.8 Å². The fourth-order valence-corrected chi connectivity index (χ4v) is 4.76. The molecule has 1 aliphatic carbocycles. The predicted octanol–water partition coefficient (Wildman–Crippen LogP) is 4.86. The van der Waals surface area contributed by atoms with Gasteiger partial charge in [-0.1, -0.05) is 6.07 Å². The maximum atomic E-state index is 13.2. The predicted molar refractivity (Wildman–Crippen MR) is 118 cm³/mol. The number of benzene rings is 1. The maximum absolute atomic E-state index is 13.2. The largest absolute Gasteiger partial charge is 0.435 e. The number of alkyl halides is 3. The fraction of sp³-hybridized carbons (Fsp3) is 0.292. The van der Waals surface area contributed by atoms with Crippen LogP contribution in [0.25, 0.3) is 22.4 Å². The average Bonchev–Trinajstić information content (AvgIpc) is 3.52. The highest BCUT2D eigenvalue weighted by Gasteiger charge is 2.55. The second-order valence-electron chi connectivity index (χ2n) is 8.79. The van der Waals surface area contributed by atoms with E-state index in [1.54, 1.807) is 17.3 Å². The number of H-pyrrole nitrogens is 1. The highest BCUT2D eigenvalue weighted by atomic mass is 19.4. The normalized spacial score (nSPS) is 20.6. The van der Waals surface area contributed by atoms with Crippen LogP contribution in [0.15, 0.2) is 48.8 Å². The van der Waals surface area contributed by atoms with E-state index >= 15 is 0 Å². The molecule has 172 valence electrons. The number of hydrogen-bond donors (Lipinski definition) is 1. The van der Waals surface area contributed by atoms with E-state index in [-0.39, 0.29) is 23.6 Å². The molecule has 0 spiro atoms. The molecule has 0 bridgehead atoms. The van der Waals surface area contributed by atoms with E-state index in [0.717, 1.165) is 41.2 Å². The van der Waals surface area contributed by atoms with Crippen LogP contribution in [0.1, 0.15) is 35.8 Å². The number of imidazole rings is 1. The standard InChI is InChI=1S/C24H19F3N6O/c1-12-15(5-7-17(30-12)18-8-9-20(32-31-18)24(25,26)27)22-21(13-2-3-13)23(34)33(22)14-4-6-16-19(10-14)29-11-28-16/h4-11,13,21-22H,2-3H2,1H3,(H,28,29)/t21-,22+/m1/s1. The number of hydrogen-bond acceptors (Lipinski definition) is 5. The Hall–Kier alpha value is -3.82. The molecule has 1 N–H and O–H groups in total. The van der Waals surface area contributed by atoms with Gasteiger partial charge in [0, 0.05) is 11.4 Å². The molecule has 1 amide bonds. The molecule has 1 aliphatic heterocycles. The van der Waals surface area contributed by atoms with Crippen LogP contribution >= 0.6 is 0 Å². The lowest BCUT2D eigenvalue weighted by molar-refractivity contribution is -0.141. The van der Waals surface area contributed by atoms with Gasteiger partial charge in [0.25, 0.3) is 0 Å². The number of aryl methyl sites for hydroxylation is 1. The number of rotatable bonds is 4.